The number of aromatic nitrogens is 3. The van der Waals surface area contributed by atoms with Gasteiger partial charge in [-0.15, -0.1) is 10.2 Å². The van der Waals surface area contributed by atoms with Gasteiger partial charge in [-0.05, 0) is 19.4 Å². The number of hydrogen-bond acceptors (Lipinski definition) is 6. The summed E-state index contributed by atoms with van der Waals surface area (Å²) in [5, 5.41) is 22.9. The fourth-order valence-corrected chi connectivity index (χ4v) is 3.70. The molecule has 3 rings (SSSR count). The number of thioether (sulfide) groups is 1. The molecule has 0 radical (unpaired) electrons. The molecule has 0 saturated heterocycles. The van der Waals surface area contributed by atoms with Crippen molar-refractivity contribution in [2.45, 2.75) is 31.6 Å². The Morgan fingerprint density at radius 1 is 1.21 bits per heavy atom. The van der Waals surface area contributed by atoms with Crippen LogP contribution < -0.4 is 5.32 Å². The molecule has 1 atom stereocenters. The van der Waals surface area contributed by atoms with Gasteiger partial charge >= 0.3 is 0 Å². The van der Waals surface area contributed by atoms with Gasteiger partial charge in [0.25, 0.3) is 5.69 Å². The van der Waals surface area contributed by atoms with Crippen LogP contribution in [0.1, 0.15) is 25.5 Å². The number of nitro groups is 1. The molecule has 0 bridgehead atoms. The lowest BCUT2D eigenvalue weighted by Crippen LogP contribution is -2.28. The van der Waals surface area contributed by atoms with Crippen LogP contribution in [0.25, 0.3) is 11.4 Å². The monoisotopic (exact) mass is 411 g/mol. The van der Waals surface area contributed by atoms with Crippen LogP contribution in [0.5, 0.6) is 0 Å². The molecule has 29 heavy (non-hydrogen) atoms. The Morgan fingerprint density at radius 3 is 2.66 bits per heavy atom. The van der Waals surface area contributed by atoms with E-state index in [0.29, 0.717) is 23.1 Å². The Bertz CT molecular complexity index is 1010. The Balaban J connectivity index is 1.68. The number of nitrogens with zero attached hydrogens (tertiary/aromatic N) is 4. The van der Waals surface area contributed by atoms with Gasteiger partial charge in [0, 0.05) is 24.2 Å². The lowest BCUT2D eigenvalue weighted by Gasteiger charge is -2.14. The van der Waals surface area contributed by atoms with Crippen molar-refractivity contribution in [1.82, 2.24) is 20.1 Å². The van der Waals surface area contributed by atoms with E-state index in [4.69, 9.17) is 0 Å². The maximum Gasteiger partial charge on any atom is 0.270 e. The molecule has 1 heterocycles. The topological polar surface area (TPSA) is 103 Å². The molecule has 0 fully saturated rings. The Labute approximate surface area is 172 Å². The third-order valence-electron chi connectivity index (χ3n) is 4.36. The van der Waals surface area contributed by atoms with Gasteiger partial charge in [-0.2, -0.15) is 0 Å². The molecule has 0 spiro atoms. The maximum atomic E-state index is 12.3. The van der Waals surface area contributed by atoms with Gasteiger partial charge in [0.1, 0.15) is 0 Å². The summed E-state index contributed by atoms with van der Waals surface area (Å²) in [4.78, 5) is 22.9. The summed E-state index contributed by atoms with van der Waals surface area (Å²) in [5.74, 6) is 0.634. The Hall–Kier alpha value is -3.20. The third kappa shape index (κ3) is 5.00. The van der Waals surface area contributed by atoms with Crippen molar-refractivity contribution in [1.29, 1.82) is 0 Å². The molecule has 0 saturated carbocycles. The minimum absolute atomic E-state index is 0.00312. The van der Waals surface area contributed by atoms with Crippen LogP contribution in [-0.4, -0.2) is 31.3 Å². The predicted molar refractivity (Wildman–Crippen MR) is 112 cm³/mol. The SMILES string of the molecule is CCn1c(SCC(=O)N[C@@H](C)c2ccccc2)nnc1-c1cccc([N+](=O)[O-])c1. The molecule has 150 valence electrons. The van der Waals surface area contributed by atoms with Crippen molar-refractivity contribution in [3.63, 3.8) is 0 Å². The molecule has 0 unspecified atom stereocenters. The molecule has 1 amide bonds. The minimum Gasteiger partial charge on any atom is -0.349 e. The van der Waals surface area contributed by atoms with Gasteiger partial charge in [-0.1, -0.05) is 54.2 Å². The number of amides is 1. The van der Waals surface area contributed by atoms with Crippen LogP contribution in [0, 0.1) is 10.1 Å². The second-order valence-electron chi connectivity index (χ2n) is 6.35. The molecule has 0 aliphatic heterocycles. The zero-order valence-electron chi connectivity index (χ0n) is 16.1. The van der Waals surface area contributed by atoms with E-state index in [1.807, 2.05) is 48.7 Å². The third-order valence-corrected chi connectivity index (χ3v) is 5.32. The molecule has 9 heteroatoms. The van der Waals surface area contributed by atoms with Crippen LogP contribution in [0.3, 0.4) is 0 Å². The van der Waals surface area contributed by atoms with E-state index in [1.54, 1.807) is 12.1 Å². The van der Waals surface area contributed by atoms with Gasteiger partial charge in [0.15, 0.2) is 11.0 Å². The van der Waals surface area contributed by atoms with Crippen LogP contribution in [0.4, 0.5) is 5.69 Å². The highest BCUT2D eigenvalue weighted by atomic mass is 32.2. The number of benzene rings is 2. The number of hydrogen-bond donors (Lipinski definition) is 1. The quantitative estimate of drug-likeness (QED) is 0.343. The fraction of sp³-hybridized carbons (Fsp3) is 0.250. The van der Waals surface area contributed by atoms with Gasteiger partial charge in [-0.25, -0.2) is 0 Å². The first-order valence-electron chi connectivity index (χ1n) is 9.14. The summed E-state index contributed by atoms with van der Waals surface area (Å²) >= 11 is 1.29. The first-order chi connectivity index (χ1) is 14.0. The number of non-ortho nitro benzene ring substituents is 1. The molecule has 3 aromatic rings. The van der Waals surface area contributed by atoms with Crippen LogP contribution in [0.2, 0.25) is 0 Å². The highest BCUT2D eigenvalue weighted by molar-refractivity contribution is 7.99. The lowest BCUT2D eigenvalue weighted by atomic mass is 10.1. The molecule has 8 nitrogen and oxygen atoms in total. The Morgan fingerprint density at radius 2 is 1.97 bits per heavy atom. The molecule has 2 aromatic carbocycles. The second kappa shape index (κ2) is 9.33. The molecule has 1 N–H and O–H groups in total. The fourth-order valence-electron chi connectivity index (χ4n) is 2.89. The maximum absolute atomic E-state index is 12.3. The van der Waals surface area contributed by atoms with Crippen molar-refractivity contribution < 1.29 is 9.72 Å². The zero-order valence-corrected chi connectivity index (χ0v) is 16.9. The highest BCUT2D eigenvalue weighted by Gasteiger charge is 2.17. The van der Waals surface area contributed by atoms with E-state index in [0.717, 1.165) is 5.56 Å². The summed E-state index contributed by atoms with van der Waals surface area (Å²) in [6.45, 7) is 4.45. The van der Waals surface area contributed by atoms with E-state index in [9.17, 15) is 14.9 Å². The van der Waals surface area contributed by atoms with Gasteiger partial charge in [0.05, 0.1) is 16.7 Å². The normalized spacial score (nSPS) is 11.8. The average molecular weight is 411 g/mol. The average Bonchev–Trinajstić information content (AvgIpc) is 3.16. The van der Waals surface area contributed by atoms with E-state index >= 15 is 0 Å². The van der Waals surface area contributed by atoms with Crippen LogP contribution in [-0.2, 0) is 11.3 Å². The number of carbonyl (C=O) groups is 1. The predicted octanol–water partition coefficient (Wildman–Crippen LogP) is 3.84. The van der Waals surface area contributed by atoms with E-state index in [-0.39, 0.29) is 23.4 Å². The summed E-state index contributed by atoms with van der Waals surface area (Å²) in [5.41, 5.74) is 1.65. The summed E-state index contributed by atoms with van der Waals surface area (Å²) < 4.78 is 1.84. The van der Waals surface area contributed by atoms with Crippen molar-refractivity contribution in [2.24, 2.45) is 0 Å². The van der Waals surface area contributed by atoms with Gasteiger partial charge in [-0.3, -0.25) is 14.9 Å². The van der Waals surface area contributed by atoms with Crippen molar-refractivity contribution in [3.8, 4) is 11.4 Å². The zero-order chi connectivity index (χ0) is 20.8. The van der Waals surface area contributed by atoms with Crippen molar-refractivity contribution >= 4 is 23.4 Å². The molecular weight excluding hydrogens is 390 g/mol. The molecule has 0 aliphatic rings. The highest BCUT2D eigenvalue weighted by Crippen LogP contribution is 2.26. The first-order valence-corrected chi connectivity index (χ1v) is 10.1. The largest absolute Gasteiger partial charge is 0.349 e. The molecular formula is C20H21N5O3S. The van der Waals surface area contributed by atoms with Crippen molar-refractivity contribution in [3.05, 3.63) is 70.3 Å². The summed E-state index contributed by atoms with van der Waals surface area (Å²) in [6, 6.07) is 15.9. The number of nitrogens with one attached hydrogen (secondary N) is 1. The first kappa shape index (κ1) is 20.5. The van der Waals surface area contributed by atoms with E-state index in [1.165, 1.54) is 23.9 Å². The minimum atomic E-state index is -0.440. The number of rotatable bonds is 8. The molecule has 0 aliphatic carbocycles. The standard InChI is InChI=1S/C20H21N5O3S/c1-3-24-19(16-10-7-11-17(12-16)25(27)28)22-23-20(24)29-13-18(26)21-14(2)15-8-5-4-6-9-15/h4-12,14H,3,13H2,1-2H3,(H,21,26)/t14-/m0/s1. The summed E-state index contributed by atoms with van der Waals surface area (Å²) in [6.07, 6.45) is 0. The van der Waals surface area contributed by atoms with Gasteiger partial charge < -0.3 is 9.88 Å². The molecule has 1 aromatic heterocycles. The smallest absolute Gasteiger partial charge is 0.270 e. The van der Waals surface area contributed by atoms with E-state index < -0.39 is 4.92 Å². The van der Waals surface area contributed by atoms with Crippen LogP contribution >= 0.6 is 11.8 Å². The summed E-state index contributed by atoms with van der Waals surface area (Å²) in [7, 11) is 0. The lowest BCUT2D eigenvalue weighted by molar-refractivity contribution is -0.384. The van der Waals surface area contributed by atoms with Crippen LogP contribution in [0.15, 0.2) is 59.8 Å². The Kier molecular flexibility index (Phi) is 6.61. The van der Waals surface area contributed by atoms with Gasteiger partial charge in [0.2, 0.25) is 5.91 Å². The number of nitro benzene ring substituents is 1. The second-order valence-corrected chi connectivity index (χ2v) is 7.29. The number of carbonyl (C=O) groups excluding carboxylic acids is 1. The van der Waals surface area contributed by atoms with E-state index in [2.05, 4.69) is 15.5 Å². The van der Waals surface area contributed by atoms with Crippen molar-refractivity contribution in [2.75, 3.05) is 5.75 Å².